The maximum Gasteiger partial charge on any atom is 0.192 e. The van der Waals surface area contributed by atoms with E-state index in [1.165, 1.54) is 0 Å². The molecule has 1 aromatic carbocycles. The van der Waals surface area contributed by atoms with Crippen LogP contribution in [0.1, 0.15) is 5.56 Å². The quantitative estimate of drug-likeness (QED) is 0.719. The molecule has 1 atom stereocenters. The van der Waals surface area contributed by atoms with Crippen LogP contribution < -0.4 is 0 Å². The summed E-state index contributed by atoms with van der Waals surface area (Å²) in [6, 6.07) is 9.84. The predicted molar refractivity (Wildman–Crippen MR) is 51.8 cm³/mol. The summed E-state index contributed by atoms with van der Waals surface area (Å²) in [5.41, 5.74) is 1.11. The SMILES string of the molecule is O=S(Cc1ccccc1)CC1N=N1. The average molecular weight is 194 g/mol. The molecule has 1 aromatic rings. The van der Waals surface area contributed by atoms with Crippen LogP contribution in [0.25, 0.3) is 0 Å². The minimum atomic E-state index is -0.826. The maximum absolute atomic E-state index is 11.5. The van der Waals surface area contributed by atoms with E-state index in [2.05, 4.69) is 10.2 Å². The summed E-state index contributed by atoms with van der Waals surface area (Å²) < 4.78 is 11.5. The monoisotopic (exact) mass is 194 g/mol. The maximum atomic E-state index is 11.5. The molecule has 0 bridgehead atoms. The summed E-state index contributed by atoms with van der Waals surface area (Å²) in [5, 5.41) is 7.43. The molecule has 0 saturated carbocycles. The van der Waals surface area contributed by atoms with Crippen LogP contribution in [0.15, 0.2) is 40.6 Å². The molecular formula is C9H10N2OS. The Kier molecular flexibility index (Phi) is 2.49. The van der Waals surface area contributed by atoms with E-state index in [-0.39, 0.29) is 6.17 Å². The van der Waals surface area contributed by atoms with Gasteiger partial charge in [-0.25, -0.2) is 0 Å². The number of hydrogen-bond donors (Lipinski definition) is 0. The van der Waals surface area contributed by atoms with Crippen LogP contribution in [0.5, 0.6) is 0 Å². The molecule has 3 nitrogen and oxygen atoms in total. The molecule has 13 heavy (non-hydrogen) atoms. The zero-order chi connectivity index (χ0) is 9.10. The van der Waals surface area contributed by atoms with Gasteiger partial charge in [0.15, 0.2) is 6.17 Å². The highest BCUT2D eigenvalue weighted by molar-refractivity contribution is 7.84. The van der Waals surface area contributed by atoms with Crippen molar-refractivity contribution in [1.29, 1.82) is 0 Å². The molecule has 0 saturated heterocycles. The molecule has 1 heterocycles. The van der Waals surface area contributed by atoms with Crippen LogP contribution in [-0.4, -0.2) is 16.1 Å². The molecule has 68 valence electrons. The van der Waals surface area contributed by atoms with Gasteiger partial charge in [-0.3, -0.25) is 4.21 Å². The Morgan fingerprint density at radius 1 is 1.23 bits per heavy atom. The fourth-order valence-corrected chi connectivity index (χ4v) is 2.25. The van der Waals surface area contributed by atoms with E-state index in [9.17, 15) is 4.21 Å². The van der Waals surface area contributed by atoms with Gasteiger partial charge >= 0.3 is 0 Å². The van der Waals surface area contributed by atoms with Crippen LogP contribution in [0, 0.1) is 0 Å². The summed E-state index contributed by atoms with van der Waals surface area (Å²) >= 11 is 0. The van der Waals surface area contributed by atoms with Gasteiger partial charge < -0.3 is 0 Å². The van der Waals surface area contributed by atoms with Gasteiger partial charge in [0.2, 0.25) is 0 Å². The number of nitrogens with zero attached hydrogens (tertiary/aromatic N) is 2. The Morgan fingerprint density at radius 3 is 2.54 bits per heavy atom. The largest absolute Gasteiger partial charge is 0.259 e. The van der Waals surface area contributed by atoms with Crippen molar-refractivity contribution in [1.82, 2.24) is 0 Å². The van der Waals surface area contributed by atoms with Crippen LogP contribution in [-0.2, 0) is 16.6 Å². The topological polar surface area (TPSA) is 41.8 Å². The second kappa shape index (κ2) is 3.79. The molecule has 0 aromatic heterocycles. The second-order valence-corrected chi connectivity index (χ2v) is 4.45. The van der Waals surface area contributed by atoms with Gasteiger partial charge in [-0.15, -0.1) is 0 Å². The minimum absolute atomic E-state index is 0.0181. The van der Waals surface area contributed by atoms with Crippen molar-refractivity contribution < 1.29 is 4.21 Å². The van der Waals surface area contributed by atoms with Gasteiger partial charge in [0.25, 0.3) is 0 Å². The zero-order valence-electron chi connectivity index (χ0n) is 7.09. The highest BCUT2D eigenvalue weighted by Crippen LogP contribution is 2.13. The van der Waals surface area contributed by atoms with Crippen molar-refractivity contribution in [3.8, 4) is 0 Å². The Morgan fingerprint density at radius 2 is 1.92 bits per heavy atom. The number of rotatable bonds is 4. The molecule has 1 aliphatic heterocycles. The molecule has 0 radical (unpaired) electrons. The number of hydrogen-bond acceptors (Lipinski definition) is 3. The van der Waals surface area contributed by atoms with Gasteiger partial charge in [0.1, 0.15) is 0 Å². The molecule has 0 fully saturated rings. The fraction of sp³-hybridized carbons (Fsp3) is 0.333. The van der Waals surface area contributed by atoms with Gasteiger partial charge in [-0.1, -0.05) is 30.3 Å². The van der Waals surface area contributed by atoms with E-state index in [0.29, 0.717) is 11.5 Å². The lowest BCUT2D eigenvalue weighted by Crippen LogP contribution is -2.05. The minimum Gasteiger partial charge on any atom is -0.259 e. The van der Waals surface area contributed by atoms with E-state index >= 15 is 0 Å². The predicted octanol–water partition coefficient (Wildman–Crippen LogP) is 1.73. The lowest BCUT2D eigenvalue weighted by molar-refractivity contribution is 0.681. The van der Waals surface area contributed by atoms with Crippen molar-refractivity contribution in [2.75, 3.05) is 5.75 Å². The molecule has 0 spiro atoms. The van der Waals surface area contributed by atoms with Crippen molar-refractivity contribution >= 4 is 10.8 Å². The number of benzene rings is 1. The summed E-state index contributed by atoms with van der Waals surface area (Å²) in [4.78, 5) is 0. The van der Waals surface area contributed by atoms with E-state index in [0.717, 1.165) is 5.56 Å². The van der Waals surface area contributed by atoms with Gasteiger partial charge in [0.05, 0.1) is 5.75 Å². The van der Waals surface area contributed by atoms with Crippen molar-refractivity contribution in [2.45, 2.75) is 11.9 Å². The lowest BCUT2D eigenvalue weighted by Gasteiger charge is -1.98. The zero-order valence-corrected chi connectivity index (χ0v) is 7.91. The molecule has 0 N–H and O–H groups in total. The van der Waals surface area contributed by atoms with E-state index < -0.39 is 10.8 Å². The molecule has 2 rings (SSSR count). The van der Waals surface area contributed by atoms with Crippen LogP contribution in [0.2, 0.25) is 0 Å². The molecule has 4 heteroatoms. The molecule has 0 amide bonds. The Hall–Kier alpha value is -1.03. The third-order valence-corrected chi connectivity index (χ3v) is 3.11. The van der Waals surface area contributed by atoms with E-state index in [1.807, 2.05) is 30.3 Å². The molecule has 0 aliphatic carbocycles. The normalized spacial score (nSPS) is 17.2. The third kappa shape index (κ3) is 2.73. The van der Waals surface area contributed by atoms with Crippen LogP contribution in [0.4, 0.5) is 0 Å². The van der Waals surface area contributed by atoms with Crippen molar-refractivity contribution in [3.05, 3.63) is 35.9 Å². The van der Waals surface area contributed by atoms with Crippen molar-refractivity contribution in [2.24, 2.45) is 10.2 Å². The van der Waals surface area contributed by atoms with Crippen LogP contribution >= 0.6 is 0 Å². The fourth-order valence-electron chi connectivity index (χ4n) is 1.10. The summed E-state index contributed by atoms with van der Waals surface area (Å²) in [6.07, 6.45) is 0.0181. The first-order chi connectivity index (χ1) is 6.34. The Balaban J connectivity index is 1.86. The first-order valence-corrected chi connectivity index (χ1v) is 5.62. The summed E-state index contributed by atoms with van der Waals surface area (Å²) in [6.45, 7) is 0. The van der Waals surface area contributed by atoms with Gasteiger partial charge in [-0.2, -0.15) is 10.2 Å². The van der Waals surface area contributed by atoms with Crippen molar-refractivity contribution in [3.63, 3.8) is 0 Å². The van der Waals surface area contributed by atoms with E-state index in [1.54, 1.807) is 0 Å². The summed E-state index contributed by atoms with van der Waals surface area (Å²) in [5.74, 6) is 1.19. The van der Waals surface area contributed by atoms with Gasteiger partial charge in [0, 0.05) is 16.6 Å². The molecule has 1 aliphatic rings. The summed E-state index contributed by atoms with van der Waals surface area (Å²) in [7, 11) is -0.826. The van der Waals surface area contributed by atoms with Crippen LogP contribution in [0.3, 0.4) is 0 Å². The third-order valence-electron chi connectivity index (χ3n) is 1.78. The average Bonchev–Trinajstić information content (AvgIpc) is 2.90. The Bertz CT molecular complexity index is 331. The second-order valence-electron chi connectivity index (χ2n) is 2.95. The lowest BCUT2D eigenvalue weighted by atomic mass is 10.2. The smallest absolute Gasteiger partial charge is 0.192 e. The van der Waals surface area contributed by atoms with E-state index in [4.69, 9.17) is 0 Å². The highest BCUT2D eigenvalue weighted by atomic mass is 32.2. The Labute approximate surface area is 79.3 Å². The standard InChI is InChI=1S/C9H10N2OS/c12-13(7-9-10-11-9)6-8-4-2-1-3-5-8/h1-5,9H,6-7H2. The first kappa shape index (κ1) is 8.56. The van der Waals surface area contributed by atoms with Gasteiger partial charge in [-0.05, 0) is 5.56 Å². The highest BCUT2D eigenvalue weighted by Gasteiger charge is 2.18. The first-order valence-electron chi connectivity index (χ1n) is 4.13. The molecule has 1 unspecified atom stereocenters. The molecular weight excluding hydrogens is 184 g/mol.